The molecule has 1 aromatic heterocycles. The number of aliphatic hydroxyl groups is 1. The molecule has 1 aromatic carbocycles. The van der Waals surface area contributed by atoms with Crippen LogP contribution in [-0.4, -0.2) is 34.7 Å². The lowest BCUT2D eigenvalue weighted by atomic mass is 10.0. The third kappa shape index (κ3) is 2.43. The Morgan fingerprint density at radius 2 is 2.11 bits per heavy atom. The normalized spacial score (nSPS) is 18.8. The van der Waals surface area contributed by atoms with E-state index in [0.29, 0.717) is 11.1 Å². The minimum absolute atomic E-state index is 0.00935. The standard InChI is InChI=1S/C14H18N2O3/c17-9-12(16-6-2-1-3-7-16)10-4-5-11-13(8-10)19-14(18)15-11/h4-5,8,12,17H,1-3,6-7,9H2,(H,15,18). The summed E-state index contributed by atoms with van der Waals surface area (Å²) in [7, 11) is 0. The third-order valence-electron chi connectivity index (χ3n) is 3.83. The predicted molar refractivity (Wildman–Crippen MR) is 72.1 cm³/mol. The average molecular weight is 262 g/mol. The van der Waals surface area contributed by atoms with Gasteiger partial charge in [-0.15, -0.1) is 0 Å². The number of hydrogen-bond donors (Lipinski definition) is 2. The van der Waals surface area contributed by atoms with E-state index in [2.05, 4.69) is 9.88 Å². The summed E-state index contributed by atoms with van der Waals surface area (Å²) in [6, 6.07) is 5.62. The molecule has 0 saturated carbocycles. The number of oxazole rings is 1. The molecular formula is C14H18N2O3. The molecule has 2 N–H and O–H groups in total. The van der Waals surface area contributed by atoms with Crippen LogP contribution in [0.4, 0.5) is 0 Å². The van der Waals surface area contributed by atoms with Gasteiger partial charge in [-0.2, -0.15) is 0 Å². The quantitative estimate of drug-likeness (QED) is 0.882. The van der Waals surface area contributed by atoms with E-state index in [0.717, 1.165) is 18.7 Å². The van der Waals surface area contributed by atoms with Gasteiger partial charge in [0, 0.05) is 0 Å². The fraction of sp³-hybridized carbons (Fsp3) is 0.500. The number of H-pyrrole nitrogens is 1. The highest BCUT2D eigenvalue weighted by Gasteiger charge is 2.22. The molecule has 0 bridgehead atoms. The van der Waals surface area contributed by atoms with Crippen molar-refractivity contribution in [2.45, 2.75) is 25.3 Å². The van der Waals surface area contributed by atoms with Crippen LogP contribution >= 0.6 is 0 Å². The summed E-state index contributed by atoms with van der Waals surface area (Å²) in [5, 5.41) is 9.67. The highest BCUT2D eigenvalue weighted by molar-refractivity contribution is 5.72. The van der Waals surface area contributed by atoms with Gasteiger partial charge < -0.3 is 9.52 Å². The maximum Gasteiger partial charge on any atom is 0.417 e. The molecule has 1 aliphatic rings. The van der Waals surface area contributed by atoms with Crippen LogP contribution in [0, 0.1) is 0 Å². The Morgan fingerprint density at radius 3 is 2.84 bits per heavy atom. The molecule has 0 radical (unpaired) electrons. The first kappa shape index (κ1) is 12.4. The number of nitrogens with zero attached hydrogens (tertiary/aromatic N) is 1. The lowest BCUT2D eigenvalue weighted by Crippen LogP contribution is -2.35. The molecule has 0 spiro atoms. The smallest absolute Gasteiger partial charge is 0.408 e. The molecule has 0 aliphatic carbocycles. The zero-order valence-electron chi connectivity index (χ0n) is 10.8. The lowest BCUT2D eigenvalue weighted by Gasteiger charge is -2.33. The molecule has 5 nitrogen and oxygen atoms in total. The van der Waals surface area contributed by atoms with Gasteiger partial charge in [-0.25, -0.2) is 4.79 Å². The van der Waals surface area contributed by atoms with Gasteiger partial charge in [-0.3, -0.25) is 9.88 Å². The number of aliphatic hydroxyl groups excluding tert-OH is 1. The van der Waals surface area contributed by atoms with Gasteiger partial charge in [-0.1, -0.05) is 12.5 Å². The molecular weight excluding hydrogens is 244 g/mol. The minimum atomic E-state index is -0.439. The van der Waals surface area contributed by atoms with Crippen LogP contribution in [0.5, 0.6) is 0 Å². The van der Waals surface area contributed by atoms with E-state index >= 15 is 0 Å². The molecule has 3 rings (SSSR count). The second-order valence-electron chi connectivity index (χ2n) is 5.07. The summed E-state index contributed by atoms with van der Waals surface area (Å²) >= 11 is 0. The zero-order valence-corrected chi connectivity index (χ0v) is 10.8. The van der Waals surface area contributed by atoms with Gasteiger partial charge in [0.1, 0.15) is 0 Å². The number of nitrogens with one attached hydrogen (secondary N) is 1. The van der Waals surface area contributed by atoms with Crippen LogP contribution in [0.25, 0.3) is 11.1 Å². The van der Waals surface area contributed by atoms with E-state index < -0.39 is 5.76 Å². The Bertz CT molecular complexity index is 610. The Balaban J connectivity index is 1.93. The molecule has 1 aliphatic heterocycles. The maximum atomic E-state index is 11.2. The molecule has 1 atom stereocenters. The van der Waals surface area contributed by atoms with Gasteiger partial charge in [0.2, 0.25) is 0 Å². The maximum absolute atomic E-state index is 11.2. The zero-order chi connectivity index (χ0) is 13.2. The van der Waals surface area contributed by atoms with E-state index in [1.165, 1.54) is 19.3 Å². The van der Waals surface area contributed by atoms with Crippen molar-refractivity contribution in [2.24, 2.45) is 0 Å². The second kappa shape index (κ2) is 5.19. The van der Waals surface area contributed by atoms with Crippen molar-refractivity contribution in [2.75, 3.05) is 19.7 Å². The van der Waals surface area contributed by atoms with E-state index in [9.17, 15) is 9.90 Å². The average Bonchev–Trinajstić information content (AvgIpc) is 2.80. The summed E-state index contributed by atoms with van der Waals surface area (Å²) in [4.78, 5) is 16.1. The van der Waals surface area contributed by atoms with Crippen molar-refractivity contribution in [3.05, 3.63) is 34.3 Å². The Morgan fingerprint density at radius 1 is 1.32 bits per heavy atom. The van der Waals surface area contributed by atoms with Crippen molar-refractivity contribution in [1.82, 2.24) is 9.88 Å². The minimum Gasteiger partial charge on any atom is -0.408 e. The van der Waals surface area contributed by atoms with Crippen LogP contribution in [0.1, 0.15) is 30.9 Å². The molecule has 2 aromatic rings. The topological polar surface area (TPSA) is 69.5 Å². The van der Waals surface area contributed by atoms with Gasteiger partial charge in [0.25, 0.3) is 0 Å². The van der Waals surface area contributed by atoms with E-state index in [1.54, 1.807) is 0 Å². The largest absolute Gasteiger partial charge is 0.417 e. The van der Waals surface area contributed by atoms with Crippen LogP contribution in [-0.2, 0) is 0 Å². The Labute approximate surface area is 110 Å². The number of likely N-dealkylation sites (tertiary alicyclic amines) is 1. The number of aromatic amines is 1. The van der Waals surface area contributed by atoms with Crippen molar-refractivity contribution < 1.29 is 9.52 Å². The van der Waals surface area contributed by atoms with Crippen LogP contribution in [0.15, 0.2) is 27.4 Å². The fourth-order valence-corrected chi connectivity index (χ4v) is 2.83. The Kier molecular flexibility index (Phi) is 3.40. The molecule has 1 unspecified atom stereocenters. The van der Waals surface area contributed by atoms with E-state index in [4.69, 9.17) is 4.42 Å². The highest BCUT2D eigenvalue weighted by Crippen LogP contribution is 2.26. The SMILES string of the molecule is O=c1[nH]c2ccc(C(CO)N3CCCCC3)cc2o1. The number of fused-ring (bicyclic) bond motifs is 1. The molecule has 0 amide bonds. The van der Waals surface area contributed by atoms with Crippen molar-refractivity contribution in [3.8, 4) is 0 Å². The highest BCUT2D eigenvalue weighted by atomic mass is 16.4. The monoisotopic (exact) mass is 262 g/mol. The summed E-state index contributed by atoms with van der Waals surface area (Å²) < 4.78 is 5.08. The van der Waals surface area contributed by atoms with Gasteiger partial charge in [-0.05, 0) is 43.6 Å². The number of rotatable bonds is 3. The summed E-state index contributed by atoms with van der Waals surface area (Å²) in [5.41, 5.74) is 2.25. The van der Waals surface area contributed by atoms with Gasteiger partial charge in [0.05, 0.1) is 18.2 Å². The molecule has 1 saturated heterocycles. The number of piperidine rings is 1. The summed E-state index contributed by atoms with van der Waals surface area (Å²) in [6.07, 6.45) is 3.62. The lowest BCUT2D eigenvalue weighted by molar-refractivity contribution is 0.104. The number of benzene rings is 1. The first-order valence-electron chi connectivity index (χ1n) is 6.75. The van der Waals surface area contributed by atoms with E-state index in [-0.39, 0.29) is 12.6 Å². The first-order chi connectivity index (χ1) is 9.28. The summed E-state index contributed by atoms with van der Waals surface area (Å²) in [6.45, 7) is 2.11. The molecule has 1 fully saturated rings. The molecule has 2 heterocycles. The van der Waals surface area contributed by atoms with Gasteiger partial charge >= 0.3 is 5.76 Å². The Hall–Kier alpha value is -1.59. The number of aromatic nitrogens is 1. The fourth-order valence-electron chi connectivity index (χ4n) is 2.83. The molecule has 102 valence electrons. The second-order valence-corrected chi connectivity index (χ2v) is 5.07. The number of hydrogen-bond acceptors (Lipinski definition) is 4. The van der Waals surface area contributed by atoms with Crippen LogP contribution in [0.2, 0.25) is 0 Å². The predicted octanol–water partition coefficient (Wildman–Crippen LogP) is 1.64. The third-order valence-corrected chi connectivity index (χ3v) is 3.83. The first-order valence-corrected chi connectivity index (χ1v) is 6.75. The van der Waals surface area contributed by atoms with Crippen LogP contribution < -0.4 is 5.76 Å². The van der Waals surface area contributed by atoms with Crippen molar-refractivity contribution >= 4 is 11.1 Å². The molecule has 5 heteroatoms. The van der Waals surface area contributed by atoms with Crippen LogP contribution in [0.3, 0.4) is 0 Å². The summed E-state index contributed by atoms with van der Waals surface area (Å²) in [5.74, 6) is -0.439. The van der Waals surface area contributed by atoms with Crippen molar-refractivity contribution in [1.29, 1.82) is 0 Å². The van der Waals surface area contributed by atoms with E-state index in [1.807, 2.05) is 18.2 Å². The molecule has 19 heavy (non-hydrogen) atoms. The van der Waals surface area contributed by atoms with Gasteiger partial charge in [0.15, 0.2) is 5.58 Å². The van der Waals surface area contributed by atoms with Crippen molar-refractivity contribution in [3.63, 3.8) is 0 Å².